The molecule has 2 aromatic rings. The van der Waals surface area contributed by atoms with Gasteiger partial charge in [0.15, 0.2) is 5.78 Å². The van der Waals surface area contributed by atoms with E-state index in [1.54, 1.807) is 32.4 Å². The molecule has 61 heavy (non-hydrogen) atoms. The number of nitrogens with one attached hydrogen (secondary N) is 1. The van der Waals surface area contributed by atoms with Crippen molar-refractivity contribution < 1.29 is 33.4 Å². The Bertz CT molecular complexity index is 1690. The van der Waals surface area contributed by atoms with Gasteiger partial charge in [-0.15, -0.1) is 0 Å². The highest BCUT2D eigenvalue weighted by Gasteiger charge is 2.43. The lowest BCUT2D eigenvalue weighted by molar-refractivity contribution is -0.149. The average molecular weight is 848 g/mol. The average Bonchev–Trinajstić information content (AvgIpc) is 3.71. The van der Waals surface area contributed by atoms with Crippen molar-refractivity contribution >= 4 is 29.3 Å². The van der Waals surface area contributed by atoms with Gasteiger partial charge in [-0.1, -0.05) is 90.8 Å². The van der Waals surface area contributed by atoms with Crippen molar-refractivity contribution in [1.29, 1.82) is 0 Å². The van der Waals surface area contributed by atoms with Crippen LogP contribution in [0.25, 0.3) is 0 Å². The maximum absolute atomic E-state index is 14.4. The summed E-state index contributed by atoms with van der Waals surface area (Å²) in [4.78, 5) is 80.2. The second kappa shape index (κ2) is 24.6. The van der Waals surface area contributed by atoms with Gasteiger partial charge in [-0.3, -0.25) is 33.9 Å². The number of nitrogens with zero attached hydrogens (tertiary/aromatic N) is 4. The van der Waals surface area contributed by atoms with E-state index in [2.05, 4.69) is 24.1 Å². The van der Waals surface area contributed by atoms with Crippen LogP contribution in [-0.2, 0) is 46.4 Å². The molecule has 1 aromatic heterocycles. The van der Waals surface area contributed by atoms with Crippen LogP contribution in [0.15, 0.2) is 48.7 Å². The van der Waals surface area contributed by atoms with Gasteiger partial charge in [0.05, 0.1) is 42.7 Å². The van der Waals surface area contributed by atoms with Crippen LogP contribution in [0.2, 0.25) is 0 Å². The van der Waals surface area contributed by atoms with Crippen molar-refractivity contribution in [2.45, 2.75) is 137 Å². The molecule has 0 saturated carbocycles. The summed E-state index contributed by atoms with van der Waals surface area (Å²) in [5.74, 6) is -2.30. The predicted octanol–water partition coefficient (Wildman–Crippen LogP) is 6.56. The molecule has 0 bridgehead atoms. The van der Waals surface area contributed by atoms with Gasteiger partial charge in [-0.05, 0) is 69.3 Å². The van der Waals surface area contributed by atoms with Gasteiger partial charge in [0.25, 0.3) is 0 Å². The SMILES string of the molecule is CC[C@H](C)[C@@H]([C@@H](CC(=O)N1CCC[C@H]1[C@H](OC)[C@@H](C)C(=O)CC(Cc1ccccn1)C(=O)NCc1ccc(C)cc1)OC)N(C)C(=O)[C@@H](CC(=O)[C@H](C(C)C)N(C)C)C(C)C. The molecule has 2 heterocycles. The second-order valence-corrected chi connectivity index (χ2v) is 18.4. The molecule has 340 valence electrons. The van der Waals surface area contributed by atoms with Crippen molar-refractivity contribution in [3.63, 3.8) is 0 Å². The number of likely N-dealkylation sites (N-methyl/N-ethyl adjacent to an activating group) is 2. The van der Waals surface area contributed by atoms with Gasteiger partial charge in [-0.25, -0.2) is 0 Å². The minimum atomic E-state index is -0.646. The lowest BCUT2D eigenvalue weighted by Crippen LogP contribution is -2.54. The zero-order valence-electron chi connectivity index (χ0n) is 39.5. The Morgan fingerprint density at radius 3 is 2.08 bits per heavy atom. The highest BCUT2D eigenvalue weighted by atomic mass is 16.5. The highest BCUT2D eigenvalue weighted by molar-refractivity contribution is 5.90. The molecule has 1 aliphatic rings. The van der Waals surface area contributed by atoms with Crippen LogP contribution in [-0.4, -0.2) is 121 Å². The number of aryl methyl sites for hydroxylation is 1. The second-order valence-electron chi connectivity index (χ2n) is 18.4. The largest absolute Gasteiger partial charge is 0.379 e. The molecule has 12 nitrogen and oxygen atoms in total. The summed E-state index contributed by atoms with van der Waals surface area (Å²) in [5.41, 5.74) is 2.83. The predicted molar refractivity (Wildman–Crippen MR) is 240 cm³/mol. The van der Waals surface area contributed by atoms with Crippen molar-refractivity contribution in [3.05, 3.63) is 65.5 Å². The van der Waals surface area contributed by atoms with E-state index in [0.717, 1.165) is 29.7 Å². The number of benzene rings is 1. The molecule has 1 aromatic carbocycles. The summed E-state index contributed by atoms with van der Waals surface area (Å²) in [7, 11) is 8.73. The number of hydrogen-bond acceptors (Lipinski definition) is 9. The van der Waals surface area contributed by atoms with E-state index in [1.807, 2.05) is 108 Å². The van der Waals surface area contributed by atoms with Crippen molar-refractivity contribution in [2.24, 2.45) is 35.5 Å². The first kappa shape index (κ1) is 51.4. The lowest BCUT2D eigenvalue weighted by atomic mass is 9.83. The Morgan fingerprint density at radius 2 is 1.54 bits per heavy atom. The van der Waals surface area contributed by atoms with Crippen LogP contribution in [0.5, 0.6) is 0 Å². The van der Waals surface area contributed by atoms with Crippen LogP contribution in [0, 0.1) is 42.4 Å². The van der Waals surface area contributed by atoms with Gasteiger partial charge >= 0.3 is 0 Å². The zero-order valence-corrected chi connectivity index (χ0v) is 39.5. The van der Waals surface area contributed by atoms with Gasteiger partial charge in [0.1, 0.15) is 5.78 Å². The molecule has 12 heteroatoms. The summed E-state index contributed by atoms with van der Waals surface area (Å²) in [6.45, 7) is 16.8. The highest BCUT2D eigenvalue weighted by Crippen LogP contribution is 2.32. The standard InChI is InChI=1S/C49H77N5O7/c1-14-34(7)46(53(11)49(59)39(31(2)3)28-42(56)45(32(4)5)52(9)10)43(60-12)29-44(57)54-25-17-19-40(54)47(61-13)35(8)41(55)27-37(26-38-18-15-16-24-50-38)48(58)51-30-36-22-20-33(6)21-23-36/h15-16,18,20-24,31-32,34-35,37,39-40,43,45-47H,14,17,19,25-30H2,1-13H3,(H,51,58)/t34-,35-,37?,39-,40-,43+,45-,46-,47+/m0/s1. The first-order valence-corrected chi connectivity index (χ1v) is 22.4. The number of ketones is 2. The number of pyridine rings is 1. The zero-order chi connectivity index (χ0) is 45.6. The summed E-state index contributed by atoms with van der Waals surface area (Å²) in [6.07, 6.45) is 3.11. The van der Waals surface area contributed by atoms with Crippen LogP contribution >= 0.6 is 0 Å². The van der Waals surface area contributed by atoms with Crippen molar-refractivity contribution in [1.82, 2.24) is 25.0 Å². The molecule has 1 fully saturated rings. The molecule has 3 rings (SSSR count). The number of rotatable bonds is 25. The van der Waals surface area contributed by atoms with E-state index >= 15 is 0 Å². The Labute approximate surface area is 366 Å². The number of carbonyl (C=O) groups is 5. The number of ether oxygens (including phenoxy) is 2. The molecule has 1 N–H and O–H groups in total. The third-order valence-corrected chi connectivity index (χ3v) is 13.0. The third kappa shape index (κ3) is 14.3. The Kier molecular flexibility index (Phi) is 20.7. The molecule has 3 amide bonds. The van der Waals surface area contributed by atoms with E-state index < -0.39 is 36.0 Å². The van der Waals surface area contributed by atoms with E-state index in [-0.39, 0.29) is 78.4 Å². The Balaban J connectivity index is 1.79. The summed E-state index contributed by atoms with van der Waals surface area (Å²) in [6, 6.07) is 12.4. The maximum Gasteiger partial charge on any atom is 0.226 e. The minimum absolute atomic E-state index is 0.00304. The van der Waals surface area contributed by atoms with E-state index in [9.17, 15) is 24.0 Å². The van der Waals surface area contributed by atoms with E-state index in [0.29, 0.717) is 25.9 Å². The minimum Gasteiger partial charge on any atom is -0.379 e. The molecule has 0 spiro atoms. The van der Waals surface area contributed by atoms with Crippen molar-refractivity contribution in [3.8, 4) is 0 Å². The van der Waals surface area contributed by atoms with Gasteiger partial charge < -0.3 is 24.6 Å². The Hall–Kier alpha value is -4.00. The van der Waals surface area contributed by atoms with E-state index in [1.165, 1.54) is 0 Å². The van der Waals surface area contributed by atoms with Crippen LogP contribution < -0.4 is 5.32 Å². The topological polar surface area (TPSA) is 138 Å². The molecule has 0 radical (unpaired) electrons. The van der Waals surface area contributed by atoms with Gasteiger partial charge in [-0.2, -0.15) is 0 Å². The fourth-order valence-electron chi connectivity index (χ4n) is 9.30. The fraction of sp³-hybridized carbons (Fsp3) is 0.673. The molecule has 1 unspecified atom stereocenters. The fourth-order valence-corrected chi connectivity index (χ4v) is 9.30. The van der Waals surface area contributed by atoms with Crippen LogP contribution in [0.1, 0.15) is 104 Å². The molecule has 1 aliphatic heterocycles. The summed E-state index contributed by atoms with van der Waals surface area (Å²) < 4.78 is 12.2. The quantitative estimate of drug-likeness (QED) is 0.118. The summed E-state index contributed by atoms with van der Waals surface area (Å²) >= 11 is 0. The van der Waals surface area contributed by atoms with E-state index in [4.69, 9.17) is 9.47 Å². The number of amides is 3. The summed E-state index contributed by atoms with van der Waals surface area (Å²) in [5, 5.41) is 3.04. The van der Waals surface area contributed by atoms with Crippen molar-refractivity contribution in [2.75, 3.05) is 41.9 Å². The monoisotopic (exact) mass is 848 g/mol. The number of Topliss-reactive ketones (excluding diaryl/α,β-unsaturated/α-hetero) is 2. The number of likely N-dealkylation sites (tertiary alicyclic amines) is 1. The van der Waals surface area contributed by atoms with Gasteiger partial charge in [0.2, 0.25) is 17.7 Å². The number of aromatic nitrogens is 1. The van der Waals surface area contributed by atoms with Gasteiger partial charge in [0, 0.05) is 77.3 Å². The Morgan fingerprint density at radius 1 is 0.869 bits per heavy atom. The third-order valence-electron chi connectivity index (χ3n) is 13.0. The van der Waals surface area contributed by atoms with Crippen LogP contribution in [0.3, 0.4) is 0 Å². The lowest BCUT2D eigenvalue weighted by Gasteiger charge is -2.41. The molecular formula is C49H77N5O7. The van der Waals surface area contributed by atoms with Crippen LogP contribution in [0.4, 0.5) is 0 Å². The first-order valence-electron chi connectivity index (χ1n) is 22.4. The smallest absolute Gasteiger partial charge is 0.226 e. The number of methoxy groups -OCH3 is 2. The molecule has 9 atom stereocenters. The normalized spacial score (nSPS) is 18.3. The number of carbonyl (C=O) groups excluding carboxylic acids is 5. The first-order chi connectivity index (χ1) is 28.9. The number of hydrogen-bond donors (Lipinski definition) is 1. The maximum atomic E-state index is 14.4. The molecular weight excluding hydrogens is 771 g/mol. The molecule has 0 aliphatic carbocycles. The molecule has 1 saturated heterocycles.